The second-order valence-corrected chi connectivity index (χ2v) is 17.5. The highest BCUT2D eigenvalue weighted by molar-refractivity contribution is 7.98. The summed E-state index contributed by atoms with van der Waals surface area (Å²) in [5.74, 6) is -2.74. The lowest BCUT2D eigenvalue weighted by Crippen LogP contribution is -2.46. The van der Waals surface area contributed by atoms with Gasteiger partial charge in [-0.3, -0.25) is 24.0 Å². The van der Waals surface area contributed by atoms with Crippen molar-refractivity contribution in [2.24, 2.45) is 29.0 Å². The Balaban J connectivity index is 1.77. The average Bonchev–Trinajstić information content (AvgIpc) is 3.29. The summed E-state index contributed by atoms with van der Waals surface area (Å²) in [6.45, 7) is 4.77. The van der Waals surface area contributed by atoms with Gasteiger partial charge in [-0.2, -0.15) is 5.26 Å². The van der Waals surface area contributed by atoms with Crippen molar-refractivity contribution in [2.45, 2.75) is 114 Å². The van der Waals surface area contributed by atoms with Crippen LogP contribution >= 0.6 is 11.8 Å². The molecule has 1 aliphatic rings. The van der Waals surface area contributed by atoms with Gasteiger partial charge in [-0.15, -0.1) is 11.8 Å². The molecule has 0 fully saturated rings. The van der Waals surface area contributed by atoms with Crippen molar-refractivity contribution in [1.29, 1.82) is 5.26 Å². The van der Waals surface area contributed by atoms with Crippen molar-refractivity contribution in [3.8, 4) is 28.7 Å². The quantitative estimate of drug-likeness (QED) is 0.0410. The Hall–Kier alpha value is -5.07. The molecule has 0 aromatic heterocycles. The van der Waals surface area contributed by atoms with Gasteiger partial charge in [-0.05, 0) is 85.5 Å². The van der Waals surface area contributed by atoms with Crippen LogP contribution in [0.5, 0.6) is 11.5 Å². The van der Waals surface area contributed by atoms with Crippen LogP contribution in [-0.4, -0.2) is 86.3 Å². The van der Waals surface area contributed by atoms with E-state index in [9.17, 15) is 29.2 Å². The molecule has 4 atom stereocenters. The number of nitrogens with two attached hydrogens (primary N) is 3. The molecule has 0 spiro atoms. The van der Waals surface area contributed by atoms with Crippen molar-refractivity contribution in [3.05, 3.63) is 76.9 Å². The molecule has 0 unspecified atom stereocenters. The number of unbranched alkanes of at least 4 members (excludes halogenated alkanes) is 5. The number of fused-ring (bicyclic) bond motifs is 5. The van der Waals surface area contributed by atoms with E-state index in [1.165, 1.54) is 55.0 Å². The number of nitrogens with one attached hydrogen (secondary N) is 1. The molecular formula is C50H68N6O7S. The Labute approximate surface area is 383 Å². The summed E-state index contributed by atoms with van der Waals surface area (Å²) in [6.07, 6.45) is 9.88. The topological polar surface area (TPSA) is 221 Å². The lowest BCUT2D eigenvalue weighted by Gasteiger charge is -2.32. The van der Waals surface area contributed by atoms with Gasteiger partial charge >= 0.3 is 0 Å². The summed E-state index contributed by atoms with van der Waals surface area (Å²) < 4.78 is 12.3. The second-order valence-electron chi connectivity index (χ2n) is 16.6. The van der Waals surface area contributed by atoms with Gasteiger partial charge in [-0.25, -0.2) is 0 Å². The molecule has 346 valence electrons. The van der Waals surface area contributed by atoms with Crippen LogP contribution < -0.4 is 32.0 Å². The minimum absolute atomic E-state index is 0.0197. The monoisotopic (exact) mass is 896 g/mol. The molecule has 4 bridgehead atoms. The molecule has 0 radical (unpaired) electrons. The van der Waals surface area contributed by atoms with Gasteiger partial charge in [0, 0.05) is 79.2 Å². The Morgan fingerprint density at radius 1 is 0.891 bits per heavy atom. The fourth-order valence-corrected chi connectivity index (χ4v) is 8.88. The van der Waals surface area contributed by atoms with Crippen LogP contribution in [0.4, 0.5) is 0 Å². The number of amides is 2. The number of nitrogens with zero attached hydrogens (tertiary/aromatic N) is 2. The van der Waals surface area contributed by atoms with Crippen LogP contribution in [0.3, 0.4) is 0 Å². The molecule has 0 saturated carbocycles. The molecule has 4 rings (SSSR count). The van der Waals surface area contributed by atoms with E-state index < -0.39 is 41.5 Å². The van der Waals surface area contributed by atoms with E-state index in [2.05, 4.69) is 18.3 Å². The number of likely N-dealkylation sites (N-methyl/N-ethyl adjacent to an activating group) is 1. The third-order valence-corrected chi connectivity index (χ3v) is 12.5. The molecule has 0 saturated heterocycles. The van der Waals surface area contributed by atoms with Crippen molar-refractivity contribution in [1.82, 2.24) is 10.2 Å². The van der Waals surface area contributed by atoms with Gasteiger partial charge in [0.25, 0.3) is 0 Å². The summed E-state index contributed by atoms with van der Waals surface area (Å²) >= 11 is 1.50. The molecule has 7 N–H and O–H groups in total. The zero-order valence-corrected chi connectivity index (χ0v) is 38.9. The van der Waals surface area contributed by atoms with Crippen LogP contribution in [-0.2, 0) is 32.0 Å². The summed E-state index contributed by atoms with van der Waals surface area (Å²) in [7, 11) is 1.54. The Bertz CT molecular complexity index is 2100. The van der Waals surface area contributed by atoms with E-state index in [4.69, 9.17) is 26.7 Å². The lowest BCUT2D eigenvalue weighted by molar-refractivity contribution is -0.142. The van der Waals surface area contributed by atoms with Gasteiger partial charge in [0.1, 0.15) is 30.8 Å². The number of Topliss-reactive ketones (excluding diaryl/α,β-unsaturated/α-hetero) is 3. The van der Waals surface area contributed by atoms with E-state index in [-0.39, 0.29) is 82.9 Å². The van der Waals surface area contributed by atoms with Gasteiger partial charge in [0.05, 0.1) is 12.1 Å². The molecule has 14 heteroatoms. The van der Waals surface area contributed by atoms with Gasteiger partial charge in [0.2, 0.25) is 11.8 Å². The maximum atomic E-state index is 14.8. The molecule has 3 aromatic carbocycles. The van der Waals surface area contributed by atoms with E-state index in [1.807, 2.05) is 30.5 Å². The fourth-order valence-electron chi connectivity index (χ4n) is 8.21. The van der Waals surface area contributed by atoms with E-state index >= 15 is 0 Å². The number of ketones is 3. The largest absolute Gasteiger partial charge is 0.492 e. The molecule has 1 heterocycles. The van der Waals surface area contributed by atoms with Crippen molar-refractivity contribution in [2.75, 3.05) is 46.2 Å². The number of benzene rings is 3. The Morgan fingerprint density at radius 3 is 2.22 bits per heavy atom. The molecule has 13 nitrogen and oxygen atoms in total. The second kappa shape index (κ2) is 26.7. The number of carbonyl (C=O) groups is 5. The predicted octanol–water partition coefficient (Wildman–Crippen LogP) is 6.90. The first-order valence-electron chi connectivity index (χ1n) is 22.7. The number of carbonyl (C=O) groups excluding carboxylic acids is 5. The minimum Gasteiger partial charge on any atom is -0.492 e. The Kier molecular flexibility index (Phi) is 21.5. The summed E-state index contributed by atoms with van der Waals surface area (Å²) in [5, 5.41) is 12.1. The number of thioether (sulfide) groups is 1. The maximum absolute atomic E-state index is 14.8. The number of hydrogen-bond acceptors (Lipinski definition) is 12. The first-order chi connectivity index (χ1) is 30.9. The average molecular weight is 897 g/mol. The summed E-state index contributed by atoms with van der Waals surface area (Å²) in [6, 6.07) is 16.4. The molecular weight excluding hydrogens is 829 g/mol. The normalized spacial score (nSPS) is 16.8. The minimum atomic E-state index is -1.20. The number of hydrogen-bond donors (Lipinski definition) is 4. The first-order valence-corrected chi connectivity index (χ1v) is 24.0. The van der Waals surface area contributed by atoms with E-state index in [0.717, 1.165) is 24.2 Å². The highest BCUT2D eigenvalue weighted by Gasteiger charge is 2.36. The van der Waals surface area contributed by atoms with Crippen LogP contribution in [0.1, 0.15) is 118 Å². The standard InChI is InChI=1S/C50H68N6O7S/c1-5-6-7-8-9-10-12-34-14-17-38(47(30-34)64-4)43(58)32-37(20-22-52)50(61)56(3)48-36-16-19-46(63-26-24-54)40(31-36)39-28-35(15-18-45(39)62-25-23-53)29-41(42(57)13-11-21-51)55-49(60)33(2)27-44(48)59/h14-19,28,30-31,33,37,41,48H,5-13,20,22-27,29,32,52-54H2,1-4H3,(H,55,60)/t33-,37-,41+,48+/m1/s1. The van der Waals surface area contributed by atoms with E-state index in [1.54, 1.807) is 37.3 Å². The predicted molar refractivity (Wildman–Crippen MR) is 252 cm³/mol. The SMILES string of the molecule is CCCCCCCCc1ccc(C(=O)C[C@@H](CCN)C(=O)N(C)[C@@H]2C(=O)C[C@@H](C)C(=O)N[C@H](C(=O)CCC#N)Cc3ccc(OCCN)c(c3)-c3cc2ccc3OCCN)c(SC)c1. The number of aryl methyl sites for hydroxylation is 1. The third kappa shape index (κ3) is 14.5. The number of ether oxygens (including phenoxy) is 2. The summed E-state index contributed by atoms with van der Waals surface area (Å²) in [4.78, 5) is 73.1. The number of rotatable bonds is 24. The Morgan fingerprint density at radius 2 is 1.56 bits per heavy atom. The highest BCUT2D eigenvalue weighted by Crippen LogP contribution is 2.41. The summed E-state index contributed by atoms with van der Waals surface area (Å²) in [5.41, 5.74) is 21.8. The third-order valence-electron chi connectivity index (χ3n) is 11.7. The molecule has 2 amide bonds. The molecule has 1 aliphatic heterocycles. The lowest BCUT2D eigenvalue weighted by atomic mass is 9.88. The van der Waals surface area contributed by atoms with Crippen molar-refractivity contribution < 1.29 is 33.4 Å². The van der Waals surface area contributed by atoms with Crippen LogP contribution in [0.2, 0.25) is 0 Å². The van der Waals surface area contributed by atoms with Crippen LogP contribution in [0, 0.1) is 23.2 Å². The van der Waals surface area contributed by atoms with Gasteiger partial charge < -0.3 is 36.9 Å². The van der Waals surface area contributed by atoms with E-state index in [0.29, 0.717) is 39.3 Å². The van der Waals surface area contributed by atoms with Crippen LogP contribution in [0.25, 0.3) is 11.1 Å². The fraction of sp³-hybridized carbons (Fsp3) is 0.520. The highest BCUT2D eigenvalue weighted by atomic mass is 32.2. The zero-order valence-electron chi connectivity index (χ0n) is 38.1. The number of nitriles is 1. The maximum Gasteiger partial charge on any atom is 0.226 e. The van der Waals surface area contributed by atoms with Crippen LogP contribution in [0.15, 0.2) is 59.5 Å². The van der Waals surface area contributed by atoms with Gasteiger partial charge in [-0.1, -0.05) is 70.2 Å². The molecule has 64 heavy (non-hydrogen) atoms. The molecule has 3 aromatic rings. The van der Waals surface area contributed by atoms with Crippen molar-refractivity contribution in [3.63, 3.8) is 0 Å². The zero-order chi connectivity index (χ0) is 46.6. The van der Waals surface area contributed by atoms with Crippen molar-refractivity contribution >= 4 is 40.9 Å². The first kappa shape index (κ1) is 51.6. The smallest absolute Gasteiger partial charge is 0.226 e. The van der Waals surface area contributed by atoms with Gasteiger partial charge in [0.15, 0.2) is 17.3 Å². The molecule has 0 aliphatic carbocycles.